The SMILES string of the molecule is N#CCC[C@H](NC(=O)[C@@H]1CCCO1)C(N)=O. The first-order valence-electron chi connectivity index (χ1n) is 5.23. The molecule has 6 nitrogen and oxygen atoms in total. The maximum Gasteiger partial charge on any atom is 0.249 e. The molecule has 88 valence electrons. The van der Waals surface area contributed by atoms with Crippen molar-refractivity contribution in [2.75, 3.05) is 6.61 Å². The number of hydrogen-bond acceptors (Lipinski definition) is 4. The monoisotopic (exact) mass is 225 g/mol. The molecule has 0 bridgehead atoms. The average Bonchev–Trinajstić information content (AvgIpc) is 2.76. The number of carbonyl (C=O) groups is 2. The van der Waals surface area contributed by atoms with Crippen molar-refractivity contribution in [3.63, 3.8) is 0 Å². The molecule has 0 spiro atoms. The number of carbonyl (C=O) groups excluding carboxylic acids is 2. The number of nitrogens with one attached hydrogen (secondary N) is 1. The minimum absolute atomic E-state index is 0.180. The Labute approximate surface area is 93.7 Å². The average molecular weight is 225 g/mol. The van der Waals surface area contributed by atoms with E-state index in [4.69, 9.17) is 15.7 Å². The van der Waals surface area contributed by atoms with Crippen LogP contribution in [0.4, 0.5) is 0 Å². The first-order valence-corrected chi connectivity index (χ1v) is 5.23. The van der Waals surface area contributed by atoms with E-state index in [1.807, 2.05) is 6.07 Å². The van der Waals surface area contributed by atoms with Crippen LogP contribution in [-0.4, -0.2) is 30.6 Å². The first-order chi connectivity index (χ1) is 7.65. The normalized spacial score (nSPS) is 21.1. The van der Waals surface area contributed by atoms with Crippen LogP contribution in [0.25, 0.3) is 0 Å². The molecule has 1 aliphatic heterocycles. The van der Waals surface area contributed by atoms with Crippen molar-refractivity contribution in [3.8, 4) is 6.07 Å². The Bertz CT molecular complexity index is 305. The van der Waals surface area contributed by atoms with Crippen LogP contribution in [0.3, 0.4) is 0 Å². The highest BCUT2D eigenvalue weighted by molar-refractivity contribution is 5.88. The van der Waals surface area contributed by atoms with Crippen LogP contribution in [0.5, 0.6) is 0 Å². The fraction of sp³-hybridized carbons (Fsp3) is 0.700. The highest BCUT2D eigenvalue weighted by Crippen LogP contribution is 2.12. The van der Waals surface area contributed by atoms with Crippen molar-refractivity contribution >= 4 is 11.8 Å². The van der Waals surface area contributed by atoms with Crippen LogP contribution >= 0.6 is 0 Å². The van der Waals surface area contributed by atoms with Crippen LogP contribution in [0.1, 0.15) is 25.7 Å². The van der Waals surface area contributed by atoms with Gasteiger partial charge in [0.2, 0.25) is 11.8 Å². The molecule has 2 amide bonds. The van der Waals surface area contributed by atoms with E-state index in [-0.39, 0.29) is 18.7 Å². The minimum Gasteiger partial charge on any atom is -0.368 e. The van der Waals surface area contributed by atoms with Crippen LogP contribution in [0.2, 0.25) is 0 Å². The van der Waals surface area contributed by atoms with Gasteiger partial charge in [0.15, 0.2) is 0 Å². The highest BCUT2D eigenvalue weighted by Gasteiger charge is 2.27. The molecule has 0 aromatic carbocycles. The van der Waals surface area contributed by atoms with Gasteiger partial charge < -0.3 is 15.8 Å². The van der Waals surface area contributed by atoms with Gasteiger partial charge in [-0.15, -0.1) is 0 Å². The second-order valence-corrected chi connectivity index (χ2v) is 3.66. The van der Waals surface area contributed by atoms with Gasteiger partial charge in [-0.3, -0.25) is 9.59 Å². The van der Waals surface area contributed by atoms with E-state index in [1.165, 1.54) is 0 Å². The summed E-state index contributed by atoms with van der Waals surface area (Å²) in [5.74, 6) is -0.944. The van der Waals surface area contributed by atoms with Crippen LogP contribution < -0.4 is 11.1 Å². The molecule has 0 saturated carbocycles. The van der Waals surface area contributed by atoms with Crippen molar-refractivity contribution < 1.29 is 14.3 Å². The van der Waals surface area contributed by atoms with E-state index >= 15 is 0 Å². The molecule has 0 unspecified atom stereocenters. The molecule has 0 aromatic heterocycles. The third-order valence-electron chi connectivity index (χ3n) is 2.43. The summed E-state index contributed by atoms with van der Waals surface area (Å²) in [4.78, 5) is 22.6. The lowest BCUT2D eigenvalue weighted by atomic mass is 10.1. The molecule has 1 fully saturated rings. The van der Waals surface area contributed by atoms with E-state index < -0.39 is 18.1 Å². The summed E-state index contributed by atoms with van der Waals surface area (Å²) in [6.07, 6.45) is 1.44. The van der Waals surface area contributed by atoms with E-state index in [0.29, 0.717) is 13.0 Å². The van der Waals surface area contributed by atoms with E-state index in [9.17, 15) is 9.59 Å². The molecule has 1 rings (SSSR count). The van der Waals surface area contributed by atoms with Gasteiger partial charge in [-0.25, -0.2) is 0 Å². The molecule has 1 heterocycles. The molecule has 16 heavy (non-hydrogen) atoms. The summed E-state index contributed by atoms with van der Waals surface area (Å²) in [5.41, 5.74) is 5.12. The zero-order valence-corrected chi connectivity index (χ0v) is 8.94. The Morgan fingerprint density at radius 1 is 1.62 bits per heavy atom. The molecule has 0 radical (unpaired) electrons. The Hall–Kier alpha value is -1.61. The molecule has 6 heteroatoms. The van der Waals surface area contributed by atoms with E-state index in [0.717, 1.165) is 6.42 Å². The lowest BCUT2D eigenvalue weighted by Gasteiger charge is -2.16. The molecular weight excluding hydrogens is 210 g/mol. The topological polar surface area (TPSA) is 105 Å². The van der Waals surface area contributed by atoms with E-state index in [2.05, 4.69) is 5.32 Å². The number of nitrogens with two attached hydrogens (primary N) is 1. The molecule has 2 atom stereocenters. The smallest absolute Gasteiger partial charge is 0.249 e. The summed E-state index contributed by atoms with van der Waals surface area (Å²) in [5, 5.41) is 10.9. The summed E-state index contributed by atoms with van der Waals surface area (Å²) in [7, 11) is 0. The van der Waals surface area contributed by atoms with Gasteiger partial charge in [0.05, 0.1) is 6.07 Å². The number of nitrogens with zero attached hydrogens (tertiary/aromatic N) is 1. The highest BCUT2D eigenvalue weighted by atomic mass is 16.5. The number of primary amides is 1. The summed E-state index contributed by atoms with van der Waals surface area (Å²) < 4.78 is 5.17. The zero-order valence-electron chi connectivity index (χ0n) is 8.94. The molecule has 1 aliphatic rings. The Morgan fingerprint density at radius 3 is 2.88 bits per heavy atom. The van der Waals surface area contributed by atoms with Crippen LogP contribution in [-0.2, 0) is 14.3 Å². The molecule has 1 saturated heterocycles. The maximum absolute atomic E-state index is 11.6. The van der Waals surface area contributed by atoms with Gasteiger partial charge in [0, 0.05) is 13.0 Å². The number of nitriles is 1. The van der Waals surface area contributed by atoms with Crippen molar-refractivity contribution in [2.24, 2.45) is 5.73 Å². The summed E-state index contributed by atoms with van der Waals surface area (Å²) >= 11 is 0. The summed E-state index contributed by atoms with van der Waals surface area (Å²) in [6, 6.07) is 1.12. The van der Waals surface area contributed by atoms with Crippen molar-refractivity contribution in [1.29, 1.82) is 5.26 Å². The lowest BCUT2D eigenvalue weighted by molar-refractivity contribution is -0.133. The second kappa shape index (κ2) is 6.08. The second-order valence-electron chi connectivity index (χ2n) is 3.66. The minimum atomic E-state index is -0.781. The third-order valence-corrected chi connectivity index (χ3v) is 2.43. The number of ether oxygens (including phenoxy) is 1. The van der Waals surface area contributed by atoms with Crippen LogP contribution in [0.15, 0.2) is 0 Å². The van der Waals surface area contributed by atoms with Gasteiger partial charge in [-0.2, -0.15) is 5.26 Å². The lowest BCUT2D eigenvalue weighted by Crippen LogP contribution is -2.47. The number of hydrogen-bond donors (Lipinski definition) is 2. The predicted molar refractivity (Wildman–Crippen MR) is 54.9 cm³/mol. The molecule has 0 aromatic rings. The van der Waals surface area contributed by atoms with Gasteiger partial charge in [0.25, 0.3) is 0 Å². The summed E-state index contributed by atoms with van der Waals surface area (Å²) in [6.45, 7) is 0.567. The van der Waals surface area contributed by atoms with Gasteiger partial charge >= 0.3 is 0 Å². The zero-order chi connectivity index (χ0) is 12.0. The Balaban J connectivity index is 2.44. The molecular formula is C10H15N3O3. The van der Waals surface area contributed by atoms with Gasteiger partial charge in [0.1, 0.15) is 12.1 Å². The van der Waals surface area contributed by atoms with Crippen molar-refractivity contribution in [1.82, 2.24) is 5.32 Å². The standard InChI is InChI=1S/C10H15N3O3/c11-5-1-3-7(9(12)14)13-10(15)8-4-2-6-16-8/h7-8H,1-4,6H2,(H2,12,14)(H,13,15)/t7-,8-/m0/s1. The van der Waals surface area contributed by atoms with Crippen molar-refractivity contribution in [3.05, 3.63) is 0 Å². The number of amides is 2. The fourth-order valence-corrected chi connectivity index (χ4v) is 1.54. The molecule has 0 aliphatic carbocycles. The third kappa shape index (κ3) is 3.51. The maximum atomic E-state index is 11.6. The van der Waals surface area contributed by atoms with Crippen molar-refractivity contribution in [2.45, 2.75) is 37.8 Å². The fourth-order valence-electron chi connectivity index (χ4n) is 1.54. The molecule has 3 N–H and O–H groups in total. The van der Waals surface area contributed by atoms with E-state index in [1.54, 1.807) is 0 Å². The van der Waals surface area contributed by atoms with Gasteiger partial charge in [-0.05, 0) is 19.3 Å². The Kier molecular flexibility index (Phi) is 4.73. The first kappa shape index (κ1) is 12.5. The van der Waals surface area contributed by atoms with Gasteiger partial charge in [-0.1, -0.05) is 0 Å². The van der Waals surface area contributed by atoms with Crippen LogP contribution in [0, 0.1) is 11.3 Å². The largest absolute Gasteiger partial charge is 0.368 e. The Morgan fingerprint density at radius 2 is 2.38 bits per heavy atom. The predicted octanol–water partition coefficient (Wildman–Crippen LogP) is -0.561. The number of rotatable bonds is 5. The quantitative estimate of drug-likeness (QED) is 0.654.